The maximum Gasteiger partial charge on any atom is 0.351 e. The molecule has 1 aliphatic carbocycles. The lowest BCUT2D eigenvalue weighted by Gasteiger charge is -2.39. The summed E-state index contributed by atoms with van der Waals surface area (Å²) >= 11 is 0. The number of ether oxygens (including phenoxy) is 1. The smallest absolute Gasteiger partial charge is 0.351 e. The van der Waals surface area contributed by atoms with Crippen molar-refractivity contribution in [1.29, 1.82) is 0 Å². The van der Waals surface area contributed by atoms with Crippen LogP contribution < -0.4 is 11.0 Å². The standard InChI is InChI=1S/C29H27N3O7/c33-12-19-18(34)11-21(39-19)32-9-8-20(31-29(32)38)30-25-24-16-7-6-14-3-1-2-13-4-5-15(23(16)22(13)14)10-17(24)26(35)28(37)27(25)36/h1-10,18-19,21,25-28,33-37H,11-12H2,(H,30,31,38)/t18-,19+,21+,25-,26-,27-,28+/m0/s1. The van der Waals surface area contributed by atoms with Gasteiger partial charge in [-0.2, -0.15) is 4.98 Å². The summed E-state index contributed by atoms with van der Waals surface area (Å²) in [6.07, 6.45) is -5.01. The van der Waals surface area contributed by atoms with Gasteiger partial charge in [-0.05, 0) is 55.6 Å². The fourth-order valence-electron chi connectivity index (χ4n) is 6.26. The summed E-state index contributed by atoms with van der Waals surface area (Å²) in [4.78, 5) is 17.0. The summed E-state index contributed by atoms with van der Waals surface area (Å²) < 4.78 is 6.81. The number of aliphatic hydroxyl groups is 5. The average molecular weight is 530 g/mol. The number of hydrogen-bond donors (Lipinski definition) is 6. The van der Waals surface area contributed by atoms with Crippen molar-refractivity contribution >= 4 is 38.1 Å². The Morgan fingerprint density at radius 1 is 0.949 bits per heavy atom. The number of hydrogen-bond acceptors (Lipinski definition) is 9. The van der Waals surface area contributed by atoms with Crippen LogP contribution in [0, 0.1) is 0 Å². The molecule has 1 fully saturated rings. The third-order valence-corrected chi connectivity index (χ3v) is 8.19. The van der Waals surface area contributed by atoms with E-state index in [0.29, 0.717) is 11.1 Å². The largest absolute Gasteiger partial charge is 0.394 e. The summed E-state index contributed by atoms with van der Waals surface area (Å²) in [6, 6.07) is 16.6. The van der Waals surface area contributed by atoms with Gasteiger partial charge in [-0.1, -0.05) is 42.5 Å². The first kappa shape index (κ1) is 24.4. The van der Waals surface area contributed by atoms with E-state index in [1.54, 1.807) is 6.07 Å². The lowest BCUT2D eigenvalue weighted by Crippen LogP contribution is -2.44. The van der Waals surface area contributed by atoms with Gasteiger partial charge in [0.25, 0.3) is 0 Å². The van der Waals surface area contributed by atoms with E-state index in [4.69, 9.17) is 4.74 Å². The zero-order valence-corrected chi connectivity index (χ0v) is 20.7. The van der Waals surface area contributed by atoms with Gasteiger partial charge in [0.1, 0.15) is 36.5 Å². The number of nitrogens with zero attached hydrogens (tertiary/aromatic N) is 2. The molecular formula is C29H27N3O7. The molecule has 0 saturated carbocycles. The molecule has 0 unspecified atom stereocenters. The van der Waals surface area contributed by atoms with Crippen molar-refractivity contribution < 1.29 is 30.3 Å². The second kappa shape index (κ2) is 8.95. The molecule has 39 heavy (non-hydrogen) atoms. The molecule has 4 aromatic carbocycles. The van der Waals surface area contributed by atoms with Crippen molar-refractivity contribution in [2.75, 3.05) is 11.9 Å². The average Bonchev–Trinajstić information content (AvgIpc) is 3.32. The third kappa shape index (κ3) is 3.64. The van der Waals surface area contributed by atoms with Crippen LogP contribution in [-0.2, 0) is 4.74 Å². The second-order valence-electron chi connectivity index (χ2n) is 10.4. The van der Waals surface area contributed by atoms with E-state index < -0.39 is 48.5 Å². The minimum atomic E-state index is -1.47. The fraction of sp³-hybridized carbons (Fsp3) is 0.310. The Hall–Kier alpha value is -3.64. The number of aliphatic hydroxyl groups excluding tert-OH is 5. The molecular weight excluding hydrogens is 502 g/mol. The highest BCUT2D eigenvalue weighted by molar-refractivity contribution is 6.24. The maximum atomic E-state index is 12.9. The van der Waals surface area contributed by atoms with E-state index in [-0.39, 0.29) is 18.8 Å². The Morgan fingerprint density at radius 2 is 1.69 bits per heavy atom. The Kier molecular flexibility index (Phi) is 5.60. The Labute approximate surface area is 221 Å². The van der Waals surface area contributed by atoms with E-state index in [2.05, 4.69) is 10.3 Å². The van der Waals surface area contributed by atoms with E-state index in [1.165, 1.54) is 10.8 Å². The summed E-state index contributed by atoms with van der Waals surface area (Å²) in [7, 11) is 0. The summed E-state index contributed by atoms with van der Waals surface area (Å²) in [5, 5.41) is 61.3. The molecule has 1 aliphatic heterocycles. The van der Waals surface area contributed by atoms with Gasteiger partial charge >= 0.3 is 5.69 Å². The van der Waals surface area contributed by atoms with Crippen molar-refractivity contribution in [3.63, 3.8) is 0 Å². The Balaban J connectivity index is 1.34. The molecule has 1 aromatic heterocycles. The minimum absolute atomic E-state index is 0.136. The van der Waals surface area contributed by atoms with Crippen LogP contribution in [0.5, 0.6) is 0 Å². The molecule has 0 radical (unpaired) electrons. The van der Waals surface area contributed by atoms with Crippen LogP contribution in [-0.4, -0.2) is 66.1 Å². The van der Waals surface area contributed by atoms with Gasteiger partial charge in [0.05, 0.1) is 18.8 Å². The van der Waals surface area contributed by atoms with Crippen LogP contribution in [0.25, 0.3) is 32.3 Å². The first-order chi connectivity index (χ1) is 18.9. The second-order valence-corrected chi connectivity index (χ2v) is 10.4. The molecule has 0 spiro atoms. The van der Waals surface area contributed by atoms with Crippen LogP contribution in [0.3, 0.4) is 0 Å². The van der Waals surface area contributed by atoms with Gasteiger partial charge in [0, 0.05) is 12.6 Å². The molecule has 10 nitrogen and oxygen atoms in total. The van der Waals surface area contributed by atoms with E-state index in [0.717, 1.165) is 32.3 Å². The number of benzene rings is 4. The van der Waals surface area contributed by atoms with E-state index >= 15 is 0 Å². The number of nitrogens with one attached hydrogen (secondary N) is 1. The van der Waals surface area contributed by atoms with Gasteiger partial charge in [0.2, 0.25) is 0 Å². The maximum absolute atomic E-state index is 12.9. The summed E-state index contributed by atoms with van der Waals surface area (Å²) in [5.74, 6) is 0.165. The van der Waals surface area contributed by atoms with Crippen molar-refractivity contribution in [3.8, 4) is 0 Å². The highest BCUT2D eigenvalue weighted by Gasteiger charge is 2.42. The zero-order valence-electron chi connectivity index (χ0n) is 20.7. The molecule has 7 rings (SSSR count). The predicted octanol–water partition coefficient (Wildman–Crippen LogP) is 1.70. The van der Waals surface area contributed by atoms with Gasteiger partial charge < -0.3 is 35.6 Å². The fourth-order valence-corrected chi connectivity index (χ4v) is 6.26. The molecule has 2 heterocycles. The first-order valence-corrected chi connectivity index (χ1v) is 12.9. The Morgan fingerprint density at radius 3 is 2.41 bits per heavy atom. The quantitative estimate of drug-likeness (QED) is 0.191. The van der Waals surface area contributed by atoms with Gasteiger partial charge in [-0.15, -0.1) is 0 Å². The highest BCUT2D eigenvalue weighted by atomic mass is 16.5. The summed E-state index contributed by atoms with van der Waals surface area (Å²) in [6.45, 7) is -0.366. The van der Waals surface area contributed by atoms with E-state index in [1.807, 2.05) is 48.5 Å². The minimum Gasteiger partial charge on any atom is -0.394 e. The van der Waals surface area contributed by atoms with Crippen LogP contribution in [0.15, 0.2) is 65.6 Å². The number of aromatic nitrogens is 2. The molecule has 10 heteroatoms. The van der Waals surface area contributed by atoms with Crippen molar-refractivity contribution in [1.82, 2.24) is 9.55 Å². The predicted molar refractivity (Wildman–Crippen MR) is 144 cm³/mol. The van der Waals surface area contributed by atoms with Gasteiger partial charge in [-0.25, -0.2) is 4.79 Å². The van der Waals surface area contributed by atoms with Crippen LogP contribution in [0.2, 0.25) is 0 Å². The molecule has 200 valence electrons. The lowest BCUT2D eigenvalue weighted by molar-refractivity contribution is -0.0766. The molecule has 5 aromatic rings. The highest BCUT2D eigenvalue weighted by Crippen LogP contribution is 2.46. The normalized spacial score (nSPS) is 28.9. The van der Waals surface area contributed by atoms with Gasteiger partial charge in [0.15, 0.2) is 0 Å². The molecule has 7 atom stereocenters. The molecule has 1 saturated heterocycles. The lowest BCUT2D eigenvalue weighted by atomic mass is 9.77. The van der Waals surface area contributed by atoms with E-state index in [9.17, 15) is 30.3 Å². The summed E-state index contributed by atoms with van der Waals surface area (Å²) in [5.41, 5.74) is 0.482. The zero-order chi connectivity index (χ0) is 27.0. The van der Waals surface area contributed by atoms with Crippen LogP contribution in [0.1, 0.15) is 35.9 Å². The van der Waals surface area contributed by atoms with Crippen molar-refractivity contribution in [2.45, 2.75) is 49.2 Å². The molecule has 2 aliphatic rings. The number of rotatable bonds is 4. The molecule has 6 N–H and O–H groups in total. The van der Waals surface area contributed by atoms with Crippen molar-refractivity contribution in [2.24, 2.45) is 0 Å². The first-order valence-electron chi connectivity index (χ1n) is 12.9. The van der Waals surface area contributed by atoms with Crippen LogP contribution in [0.4, 0.5) is 5.82 Å². The van der Waals surface area contributed by atoms with Crippen LogP contribution >= 0.6 is 0 Å². The topological polar surface area (TPSA) is 157 Å². The molecule has 0 amide bonds. The van der Waals surface area contributed by atoms with Gasteiger partial charge in [-0.3, -0.25) is 4.57 Å². The third-order valence-electron chi connectivity index (χ3n) is 8.19. The van der Waals surface area contributed by atoms with Crippen molar-refractivity contribution in [3.05, 3.63) is 82.4 Å². The number of fused-ring (bicyclic) bond motifs is 2. The number of anilines is 1. The Bertz CT molecular complexity index is 1760. The monoisotopic (exact) mass is 529 g/mol. The molecule has 0 bridgehead atoms. The SMILES string of the molecule is O=c1nc(N[C@H]2c3c(cc4ccc5cccc6ccc3c4c56)[C@H](O)[C@@H](O)[C@H]2O)ccn1[C@H]1C[C@H](O)[C@@H](CO)O1.